The summed E-state index contributed by atoms with van der Waals surface area (Å²) in [5, 5.41) is 10.3. The number of hydrogen-bond acceptors (Lipinski definition) is 4. The fraction of sp³-hybridized carbons (Fsp3) is 0.733. The van der Waals surface area contributed by atoms with Crippen molar-refractivity contribution in [1.29, 1.82) is 0 Å². The predicted molar refractivity (Wildman–Crippen MR) is 91.1 cm³/mol. The predicted octanol–water partition coefficient (Wildman–Crippen LogP) is 1.84. The van der Waals surface area contributed by atoms with E-state index >= 15 is 0 Å². The van der Waals surface area contributed by atoms with Gasteiger partial charge in [0.1, 0.15) is 5.69 Å². The van der Waals surface area contributed by atoms with E-state index in [1.807, 2.05) is 0 Å². The molecule has 0 aliphatic carbocycles. The number of piperidine rings is 1. The van der Waals surface area contributed by atoms with Crippen LogP contribution in [0.3, 0.4) is 0 Å². The van der Waals surface area contributed by atoms with Gasteiger partial charge in [-0.15, -0.1) is 12.4 Å². The summed E-state index contributed by atoms with van der Waals surface area (Å²) in [6.45, 7) is 1.49. The van der Waals surface area contributed by atoms with Crippen LogP contribution in [-0.4, -0.2) is 66.5 Å². The van der Waals surface area contributed by atoms with Crippen LogP contribution in [0.2, 0.25) is 0 Å². The molecule has 1 aliphatic heterocycles. The van der Waals surface area contributed by atoms with Gasteiger partial charge in [0, 0.05) is 19.3 Å². The van der Waals surface area contributed by atoms with Crippen LogP contribution in [0.1, 0.15) is 35.8 Å². The molecule has 0 bridgehead atoms. The normalized spacial score (nSPS) is 18.0. The van der Waals surface area contributed by atoms with Gasteiger partial charge in [0.05, 0.1) is 12.6 Å². The molecule has 2 N–H and O–H groups in total. The molecule has 144 valence electrons. The smallest absolute Gasteiger partial charge is 0.351 e. The summed E-state index contributed by atoms with van der Waals surface area (Å²) in [4.78, 5) is 13.2. The zero-order valence-corrected chi connectivity index (χ0v) is 15.0. The van der Waals surface area contributed by atoms with Gasteiger partial charge in [-0.05, 0) is 45.5 Å². The Labute approximate surface area is 151 Å². The van der Waals surface area contributed by atoms with Gasteiger partial charge >= 0.3 is 6.18 Å². The fourth-order valence-corrected chi connectivity index (χ4v) is 2.75. The first-order valence-corrected chi connectivity index (χ1v) is 8.14. The summed E-state index contributed by atoms with van der Waals surface area (Å²) < 4.78 is 38.4. The molecule has 25 heavy (non-hydrogen) atoms. The highest BCUT2D eigenvalue weighted by Gasteiger charge is 2.28. The van der Waals surface area contributed by atoms with E-state index in [0.29, 0.717) is 18.7 Å². The van der Waals surface area contributed by atoms with Crippen molar-refractivity contribution in [3.63, 3.8) is 0 Å². The van der Waals surface area contributed by atoms with Crippen molar-refractivity contribution in [2.45, 2.75) is 31.5 Å². The van der Waals surface area contributed by atoms with E-state index in [4.69, 9.17) is 0 Å². The second-order valence-electron chi connectivity index (χ2n) is 6.14. The highest BCUT2D eigenvalue weighted by molar-refractivity contribution is 5.92. The highest BCUT2D eigenvalue weighted by Crippen LogP contribution is 2.16. The number of nitrogens with one attached hydrogen (secondary N) is 2. The van der Waals surface area contributed by atoms with Crippen molar-refractivity contribution in [3.05, 3.63) is 18.0 Å². The van der Waals surface area contributed by atoms with Crippen molar-refractivity contribution in [1.82, 2.24) is 25.3 Å². The average molecular weight is 384 g/mol. The summed E-state index contributed by atoms with van der Waals surface area (Å²) in [5.41, 5.74) is 0.337. The minimum absolute atomic E-state index is 0. The molecule has 0 spiro atoms. The summed E-state index contributed by atoms with van der Waals surface area (Å²) in [6.07, 6.45) is 0.160. The molecule has 1 aromatic heterocycles. The molecule has 0 radical (unpaired) electrons. The number of hydrogen-bond donors (Lipinski definition) is 2. The number of carbonyl (C=O) groups excluding carboxylic acids is 1. The third kappa shape index (κ3) is 7.62. The maximum atomic E-state index is 12.2. The molecular formula is C15H25ClF3N5O. The van der Waals surface area contributed by atoms with Crippen LogP contribution in [0.15, 0.2) is 12.3 Å². The van der Waals surface area contributed by atoms with Crippen LogP contribution in [-0.2, 0) is 0 Å². The van der Waals surface area contributed by atoms with E-state index < -0.39 is 12.7 Å². The number of nitrogens with zero attached hydrogens (tertiary/aromatic N) is 3. The molecule has 2 rings (SSSR count). The Balaban J connectivity index is 0.00000312. The highest BCUT2D eigenvalue weighted by atomic mass is 35.5. The van der Waals surface area contributed by atoms with E-state index in [2.05, 4.69) is 15.7 Å². The molecule has 1 atom stereocenters. The zero-order chi connectivity index (χ0) is 17.6. The maximum absolute atomic E-state index is 12.2. The van der Waals surface area contributed by atoms with E-state index in [1.54, 1.807) is 16.9 Å². The topological polar surface area (TPSA) is 62.2 Å². The summed E-state index contributed by atoms with van der Waals surface area (Å²) in [5.74, 6) is -0.295. The van der Waals surface area contributed by atoms with E-state index in [1.165, 1.54) is 11.9 Å². The first-order valence-electron chi connectivity index (χ1n) is 8.14. The van der Waals surface area contributed by atoms with Gasteiger partial charge < -0.3 is 10.6 Å². The molecular weight excluding hydrogens is 359 g/mol. The van der Waals surface area contributed by atoms with Crippen LogP contribution in [0.4, 0.5) is 13.2 Å². The molecule has 1 fully saturated rings. The zero-order valence-electron chi connectivity index (χ0n) is 14.2. The number of rotatable bonds is 7. The van der Waals surface area contributed by atoms with Crippen molar-refractivity contribution < 1.29 is 18.0 Å². The van der Waals surface area contributed by atoms with Gasteiger partial charge in [-0.2, -0.15) is 18.3 Å². The third-order valence-electron chi connectivity index (χ3n) is 3.94. The molecule has 1 saturated heterocycles. The Hall–Kier alpha value is -1.32. The van der Waals surface area contributed by atoms with Gasteiger partial charge in [0.2, 0.25) is 0 Å². The Bertz CT molecular complexity index is 531. The Morgan fingerprint density at radius 2 is 2.28 bits per heavy atom. The lowest BCUT2D eigenvalue weighted by Crippen LogP contribution is -2.34. The van der Waals surface area contributed by atoms with E-state index in [-0.39, 0.29) is 30.9 Å². The van der Waals surface area contributed by atoms with Gasteiger partial charge in [-0.3, -0.25) is 14.4 Å². The molecule has 2 heterocycles. The molecule has 10 heteroatoms. The lowest BCUT2D eigenvalue weighted by Gasteiger charge is -2.22. The molecule has 6 nitrogen and oxygen atoms in total. The summed E-state index contributed by atoms with van der Waals surface area (Å²) in [6, 6.07) is 1.93. The van der Waals surface area contributed by atoms with Crippen molar-refractivity contribution in [3.8, 4) is 0 Å². The van der Waals surface area contributed by atoms with Crippen molar-refractivity contribution in [2.75, 3.05) is 39.8 Å². The number of alkyl halides is 3. The van der Waals surface area contributed by atoms with E-state index in [0.717, 1.165) is 25.9 Å². The van der Waals surface area contributed by atoms with Gasteiger partial charge in [0.25, 0.3) is 5.91 Å². The van der Waals surface area contributed by atoms with Gasteiger partial charge in [-0.1, -0.05) is 0 Å². The van der Waals surface area contributed by atoms with Crippen molar-refractivity contribution in [2.24, 2.45) is 0 Å². The van der Waals surface area contributed by atoms with Crippen LogP contribution in [0, 0.1) is 0 Å². The Kier molecular flexibility index (Phi) is 8.67. The summed E-state index contributed by atoms with van der Waals surface area (Å²) in [7, 11) is 1.41. The van der Waals surface area contributed by atoms with Crippen LogP contribution in [0.5, 0.6) is 0 Å². The lowest BCUT2D eigenvalue weighted by molar-refractivity contribution is -0.143. The van der Waals surface area contributed by atoms with E-state index in [9.17, 15) is 18.0 Å². The minimum atomic E-state index is -4.20. The second-order valence-corrected chi connectivity index (χ2v) is 6.14. The summed E-state index contributed by atoms with van der Waals surface area (Å²) >= 11 is 0. The largest absolute Gasteiger partial charge is 0.401 e. The SMILES string of the molecule is CN(CCCNC(=O)c1ccn(C2CCCNC2)n1)CC(F)(F)F.Cl. The number of halogens is 4. The number of aromatic nitrogens is 2. The first kappa shape index (κ1) is 21.7. The lowest BCUT2D eigenvalue weighted by atomic mass is 10.1. The third-order valence-corrected chi connectivity index (χ3v) is 3.94. The molecule has 1 unspecified atom stereocenters. The van der Waals surface area contributed by atoms with Crippen LogP contribution in [0.25, 0.3) is 0 Å². The number of carbonyl (C=O) groups is 1. The average Bonchev–Trinajstić information content (AvgIpc) is 3.00. The second kappa shape index (κ2) is 9.98. The quantitative estimate of drug-likeness (QED) is 0.705. The van der Waals surface area contributed by atoms with Crippen molar-refractivity contribution >= 4 is 18.3 Å². The Morgan fingerprint density at radius 1 is 1.52 bits per heavy atom. The molecule has 1 aromatic rings. The van der Waals surface area contributed by atoms with Gasteiger partial charge in [-0.25, -0.2) is 0 Å². The first-order chi connectivity index (χ1) is 11.3. The molecule has 0 aromatic carbocycles. The van der Waals surface area contributed by atoms with Crippen LogP contribution < -0.4 is 10.6 Å². The standard InChI is InChI=1S/C15H24F3N5O.ClH/c1-22(11-15(16,17)18)8-3-7-20-14(24)13-5-9-23(21-13)12-4-2-6-19-10-12;/h5,9,12,19H,2-4,6-8,10-11H2,1H3,(H,20,24);1H. The van der Waals surface area contributed by atoms with Gasteiger partial charge in [0.15, 0.2) is 0 Å². The Morgan fingerprint density at radius 3 is 2.92 bits per heavy atom. The maximum Gasteiger partial charge on any atom is 0.401 e. The number of amides is 1. The molecule has 1 aliphatic rings. The monoisotopic (exact) mass is 383 g/mol. The molecule has 0 saturated carbocycles. The minimum Gasteiger partial charge on any atom is -0.351 e. The molecule has 1 amide bonds. The fourth-order valence-electron chi connectivity index (χ4n) is 2.75. The van der Waals surface area contributed by atoms with Crippen LogP contribution >= 0.6 is 12.4 Å².